The van der Waals surface area contributed by atoms with Gasteiger partial charge in [-0.2, -0.15) is 0 Å². The number of fused-ring (bicyclic) bond motifs is 3. The molecule has 0 spiro atoms. The van der Waals surface area contributed by atoms with Crippen molar-refractivity contribution in [3.05, 3.63) is 71.4 Å². The Morgan fingerprint density at radius 3 is 2.52 bits per heavy atom. The first kappa shape index (κ1) is 14.5. The summed E-state index contributed by atoms with van der Waals surface area (Å²) in [6.45, 7) is 6.90. The largest absolute Gasteiger partial charge is 0.339 e. The molecular formula is C21H25N2+. The Morgan fingerprint density at radius 1 is 1.00 bits per heavy atom. The Labute approximate surface area is 138 Å². The summed E-state index contributed by atoms with van der Waals surface area (Å²) < 4.78 is 3.71. The molecule has 2 heterocycles. The van der Waals surface area contributed by atoms with Gasteiger partial charge in [0.05, 0.1) is 20.1 Å². The van der Waals surface area contributed by atoms with Crippen LogP contribution in [0.4, 0.5) is 0 Å². The summed E-state index contributed by atoms with van der Waals surface area (Å²) in [5.74, 6) is 0. The van der Waals surface area contributed by atoms with Crippen molar-refractivity contribution >= 4 is 10.9 Å². The first-order valence-corrected chi connectivity index (χ1v) is 8.67. The maximum atomic E-state index is 2.55. The average molecular weight is 305 g/mol. The molecule has 0 aliphatic carbocycles. The smallest absolute Gasteiger partial charge is 0.107 e. The number of aromatic nitrogens is 1. The molecule has 0 radical (unpaired) electrons. The summed E-state index contributed by atoms with van der Waals surface area (Å²) in [7, 11) is 2.40. The summed E-state index contributed by atoms with van der Waals surface area (Å²) in [6, 6.07) is 19.8. The average Bonchev–Trinajstić information content (AvgIpc) is 2.89. The predicted octanol–water partition coefficient (Wildman–Crippen LogP) is 4.21. The molecule has 1 aliphatic rings. The fraction of sp³-hybridized carbons (Fsp3) is 0.333. The molecule has 1 aliphatic heterocycles. The molecule has 1 unspecified atom stereocenters. The van der Waals surface area contributed by atoms with E-state index in [1.165, 1.54) is 36.0 Å². The molecule has 1 aromatic heterocycles. The number of rotatable bonds is 3. The number of hydrogen-bond donors (Lipinski definition) is 0. The zero-order valence-corrected chi connectivity index (χ0v) is 14.1. The molecule has 23 heavy (non-hydrogen) atoms. The molecule has 0 bridgehead atoms. The molecule has 0 fully saturated rings. The molecule has 0 N–H and O–H groups in total. The van der Waals surface area contributed by atoms with E-state index in [2.05, 4.69) is 73.1 Å². The Balaban J connectivity index is 1.86. The van der Waals surface area contributed by atoms with Gasteiger partial charge in [0.2, 0.25) is 0 Å². The standard InChI is InChI=1S/C21H25N2/c1-3-23(2)14-13-21-19(16-23)18-11-7-8-12-20(18)22(21)15-17-9-5-4-6-10-17/h4-12H,3,13-16H2,1-2H3/q+1. The Kier molecular flexibility index (Phi) is 3.50. The molecule has 118 valence electrons. The maximum absolute atomic E-state index is 2.55. The second-order valence-electron chi connectivity index (χ2n) is 7.08. The van der Waals surface area contributed by atoms with Gasteiger partial charge in [0.15, 0.2) is 0 Å². The summed E-state index contributed by atoms with van der Waals surface area (Å²) in [5.41, 5.74) is 5.91. The van der Waals surface area contributed by atoms with E-state index in [9.17, 15) is 0 Å². The maximum Gasteiger partial charge on any atom is 0.107 e. The lowest BCUT2D eigenvalue weighted by atomic mass is 10.0. The highest BCUT2D eigenvalue weighted by atomic mass is 15.3. The van der Waals surface area contributed by atoms with Crippen LogP contribution in [0.3, 0.4) is 0 Å². The van der Waals surface area contributed by atoms with Crippen molar-refractivity contribution in [1.29, 1.82) is 0 Å². The lowest BCUT2D eigenvalue weighted by molar-refractivity contribution is -0.922. The fourth-order valence-corrected chi connectivity index (χ4v) is 3.94. The van der Waals surface area contributed by atoms with E-state index < -0.39 is 0 Å². The minimum atomic E-state index is 0.979. The third kappa shape index (κ3) is 2.47. The number of benzene rings is 2. The van der Waals surface area contributed by atoms with E-state index in [0.29, 0.717) is 0 Å². The molecule has 1 atom stereocenters. The van der Waals surface area contributed by atoms with Crippen molar-refractivity contribution in [1.82, 2.24) is 4.57 Å². The molecule has 2 heteroatoms. The minimum absolute atomic E-state index is 0.979. The van der Waals surface area contributed by atoms with E-state index in [-0.39, 0.29) is 0 Å². The highest BCUT2D eigenvalue weighted by Crippen LogP contribution is 2.33. The van der Waals surface area contributed by atoms with Gasteiger partial charge >= 0.3 is 0 Å². The van der Waals surface area contributed by atoms with Gasteiger partial charge in [-0.15, -0.1) is 0 Å². The van der Waals surface area contributed by atoms with E-state index in [1.54, 1.807) is 11.3 Å². The van der Waals surface area contributed by atoms with Crippen LogP contribution in [0.2, 0.25) is 0 Å². The van der Waals surface area contributed by atoms with Crippen LogP contribution in [0.1, 0.15) is 23.7 Å². The SMILES string of the molecule is CC[N+]1(C)CCc2c(c3ccccc3n2Cc2ccccc2)C1. The fourth-order valence-electron chi connectivity index (χ4n) is 3.94. The van der Waals surface area contributed by atoms with E-state index in [1.807, 2.05) is 0 Å². The first-order valence-electron chi connectivity index (χ1n) is 8.67. The molecule has 4 rings (SSSR count). The normalized spacial score (nSPS) is 20.6. The quantitative estimate of drug-likeness (QED) is 0.639. The minimum Gasteiger partial charge on any atom is -0.339 e. The van der Waals surface area contributed by atoms with Crippen LogP contribution in [0, 0.1) is 0 Å². The lowest BCUT2D eigenvalue weighted by Crippen LogP contribution is -2.47. The van der Waals surface area contributed by atoms with Gasteiger partial charge in [0, 0.05) is 35.1 Å². The second-order valence-corrected chi connectivity index (χ2v) is 7.08. The van der Waals surface area contributed by atoms with E-state index >= 15 is 0 Å². The number of para-hydroxylation sites is 1. The molecule has 2 nitrogen and oxygen atoms in total. The van der Waals surface area contributed by atoms with Crippen molar-refractivity contribution in [2.45, 2.75) is 26.4 Å². The van der Waals surface area contributed by atoms with Gasteiger partial charge in [-0.1, -0.05) is 48.5 Å². The molecule has 3 aromatic rings. The summed E-state index contributed by atoms with van der Waals surface area (Å²) in [4.78, 5) is 0. The Bertz CT molecular complexity index is 832. The number of quaternary nitrogens is 1. The van der Waals surface area contributed by atoms with Crippen LogP contribution < -0.4 is 0 Å². The van der Waals surface area contributed by atoms with Crippen molar-refractivity contribution < 1.29 is 4.48 Å². The zero-order chi connectivity index (χ0) is 15.9. The van der Waals surface area contributed by atoms with Crippen molar-refractivity contribution in [3.8, 4) is 0 Å². The molecular weight excluding hydrogens is 280 g/mol. The zero-order valence-electron chi connectivity index (χ0n) is 14.1. The summed E-state index contributed by atoms with van der Waals surface area (Å²) in [6.07, 6.45) is 1.18. The second kappa shape index (κ2) is 5.54. The Hall–Kier alpha value is -2.06. The highest BCUT2D eigenvalue weighted by molar-refractivity contribution is 5.85. The van der Waals surface area contributed by atoms with Gasteiger partial charge < -0.3 is 9.05 Å². The molecule has 0 saturated heterocycles. The van der Waals surface area contributed by atoms with Gasteiger partial charge in [-0.05, 0) is 18.6 Å². The third-order valence-electron chi connectivity index (χ3n) is 5.57. The topological polar surface area (TPSA) is 4.93 Å². The monoisotopic (exact) mass is 305 g/mol. The van der Waals surface area contributed by atoms with Crippen molar-refractivity contribution in [3.63, 3.8) is 0 Å². The van der Waals surface area contributed by atoms with Crippen LogP contribution in [0.5, 0.6) is 0 Å². The number of hydrogen-bond acceptors (Lipinski definition) is 0. The van der Waals surface area contributed by atoms with Gasteiger partial charge in [-0.25, -0.2) is 0 Å². The van der Waals surface area contributed by atoms with E-state index in [0.717, 1.165) is 17.6 Å². The van der Waals surface area contributed by atoms with Crippen molar-refractivity contribution in [2.24, 2.45) is 0 Å². The van der Waals surface area contributed by atoms with Gasteiger partial charge in [-0.3, -0.25) is 0 Å². The van der Waals surface area contributed by atoms with Crippen LogP contribution in [0.25, 0.3) is 10.9 Å². The van der Waals surface area contributed by atoms with Crippen LogP contribution in [-0.4, -0.2) is 29.2 Å². The van der Waals surface area contributed by atoms with E-state index in [4.69, 9.17) is 0 Å². The van der Waals surface area contributed by atoms with Crippen LogP contribution in [-0.2, 0) is 19.5 Å². The number of nitrogens with zero attached hydrogens (tertiary/aromatic N) is 2. The molecule has 0 amide bonds. The first-order chi connectivity index (χ1) is 11.2. The Morgan fingerprint density at radius 2 is 1.74 bits per heavy atom. The van der Waals surface area contributed by atoms with Gasteiger partial charge in [0.1, 0.15) is 6.54 Å². The molecule has 2 aromatic carbocycles. The third-order valence-corrected chi connectivity index (χ3v) is 5.57. The lowest BCUT2D eigenvalue weighted by Gasteiger charge is -2.37. The van der Waals surface area contributed by atoms with Crippen LogP contribution in [0.15, 0.2) is 54.6 Å². The summed E-state index contributed by atoms with van der Waals surface area (Å²) in [5, 5.41) is 1.45. The predicted molar refractivity (Wildman–Crippen MR) is 96.5 cm³/mol. The van der Waals surface area contributed by atoms with Gasteiger partial charge in [0.25, 0.3) is 0 Å². The molecule has 0 saturated carbocycles. The van der Waals surface area contributed by atoms with Crippen molar-refractivity contribution in [2.75, 3.05) is 20.1 Å². The number of likely N-dealkylation sites (N-methyl/N-ethyl adjacent to an activating group) is 1. The van der Waals surface area contributed by atoms with Crippen LogP contribution >= 0.6 is 0 Å². The summed E-state index contributed by atoms with van der Waals surface area (Å²) >= 11 is 0. The highest BCUT2D eigenvalue weighted by Gasteiger charge is 2.31.